The summed E-state index contributed by atoms with van der Waals surface area (Å²) in [6.07, 6.45) is 5.57. The smallest absolute Gasteiger partial charge is 0.182 e. The van der Waals surface area contributed by atoms with Crippen LogP contribution in [0.5, 0.6) is 0 Å². The molecule has 82 valence electrons. The second kappa shape index (κ2) is 4.17. The Hall–Kier alpha value is -2.49. The van der Waals surface area contributed by atoms with Crippen LogP contribution in [0.15, 0.2) is 48.7 Å². The molecule has 0 atom stereocenters. The molecule has 17 heavy (non-hydrogen) atoms. The van der Waals surface area contributed by atoms with Gasteiger partial charge in [0.05, 0.1) is 0 Å². The Kier molecular flexibility index (Phi) is 2.38. The van der Waals surface area contributed by atoms with E-state index in [4.69, 9.17) is 0 Å². The van der Waals surface area contributed by atoms with E-state index in [1.165, 1.54) is 0 Å². The molecule has 0 N–H and O–H groups in total. The molecule has 0 aliphatic heterocycles. The molecule has 0 bridgehead atoms. The van der Waals surface area contributed by atoms with Crippen LogP contribution in [0, 0.1) is 0 Å². The van der Waals surface area contributed by atoms with Gasteiger partial charge in [0.25, 0.3) is 0 Å². The summed E-state index contributed by atoms with van der Waals surface area (Å²) in [6, 6.07) is 13.8. The molecule has 4 nitrogen and oxygen atoms in total. The molecule has 0 saturated carbocycles. The standard InChI is InChI=1S/C13H10N4/c1-2-5-11(6-3-1)8-10-17-13-12(15-16-17)7-4-9-14-13/h1-10H. The van der Waals surface area contributed by atoms with E-state index in [1.54, 1.807) is 10.9 Å². The molecule has 0 aliphatic rings. The molecule has 0 radical (unpaired) electrons. The minimum atomic E-state index is 0.764. The third-order valence-electron chi connectivity index (χ3n) is 2.44. The first-order valence-electron chi connectivity index (χ1n) is 5.33. The molecule has 2 aromatic heterocycles. The van der Waals surface area contributed by atoms with Crippen LogP contribution in [-0.4, -0.2) is 20.0 Å². The quantitative estimate of drug-likeness (QED) is 0.669. The molecule has 0 saturated heterocycles. The van der Waals surface area contributed by atoms with Crippen LogP contribution in [0.25, 0.3) is 23.4 Å². The van der Waals surface area contributed by atoms with E-state index in [-0.39, 0.29) is 0 Å². The predicted molar refractivity (Wildman–Crippen MR) is 67.0 cm³/mol. The monoisotopic (exact) mass is 222 g/mol. The number of hydrogen-bond acceptors (Lipinski definition) is 3. The van der Waals surface area contributed by atoms with E-state index >= 15 is 0 Å². The summed E-state index contributed by atoms with van der Waals surface area (Å²) in [7, 11) is 0. The zero-order valence-corrected chi connectivity index (χ0v) is 9.06. The third-order valence-corrected chi connectivity index (χ3v) is 2.44. The van der Waals surface area contributed by atoms with Crippen LogP contribution >= 0.6 is 0 Å². The zero-order chi connectivity index (χ0) is 11.5. The Labute approximate surface area is 98.2 Å². The van der Waals surface area contributed by atoms with Crippen molar-refractivity contribution < 1.29 is 0 Å². The van der Waals surface area contributed by atoms with Gasteiger partial charge in [0.15, 0.2) is 5.65 Å². The van der Waals surface area contributed by atoms with Gasteiger partial charge in [-0.2, -0.15) is 0 Å². The first-order valence-corrected chi connectivity index (χ1v) is 5.33. The minimum Gasteiger partial charge on any atom is -0.235 e. The number of fused-ring (bicyclic) bond motifs is 1. The van der Waals surface area contributed by atoms with E-state index in [0.717, 1.165) is 16.7 Å². The number of hydrogen-bond donors (Lipinski definition) is 0. The van der Waals surface area contributed by atoms with Gasteiger partial charge in [-0.3, -0.25) is 0 Å². The zero-order valence-electron chi connectivity index (χ0n) is 9.06. The van der Waals surface area contributed by atoms with Crippen molar-refractivity contribution in [1.82, 2.24) is 20.0 Å². The summed E-state index contributed by atoms with van der Waals surface area (Å²) in [5.74, 6) is 0. The molecule has 3 rings (SSSR count). The summed E-state index contributed by atoms with van der Waals surface area (Å²) < 4.78 is 1.67. The highest BCUT2D eigenvalue weighted by molar-refractivity contribution is 5.73. The summed E-state index contributed by atoms with van der Waals surface area (Å²) >= 11 is 0. The average molecular weight is 222 g/mol. The van der Waals surface area contributed by atoms with Gasteiger partial charge in [0, 0.05) is 12.4 Å². The Balaban J connectivity index is 1.98. The predicted octanol–water partition coefficient (Wildman–Crippen LogP) is 2.45. The Morgan fingerprint density at radius 1 is 1.00 bits per heavy atom. The van der Waals surface area contributed by atoms with Crippen molar-refractivity contribution in [2.75, 3.05) is 0 Å². The van der Waals surface area contributed by atoms with E-state index in [2.05, 4.69) is 15.3 Å². The van der Waals surface area contributed by atoms with E-state index in [1.807, 2.05) is 54.7 Å². The van der Waals surface area contributed by atoms with Crippen molar-refractivity contribution in [3.05, 3.63) is 54.2 Å². The van der Waals surface area contributed by atoms with Gasteiger partial charge in [0.1, 0.15) is 5.52 Å². The average Bonchev–Trinajstić information content (AvgIpc) is 2.81. The number of nitrogens with zero attached hydrogens (tertiary/aromatic N) is 4. The second-order valence-corrected chi connectivity index (χ2v) is 3.61. The molecule has 0 fully saturated rings. The first kappa shape index (κ1) is 9.72. The normalized spacial score (nSPS) is 11.3. The highest BCUT2D eigenvalue weighted by atomic mass is 15.4. The lowest BCUT2D eigenvalue weighted by Crippen LogP contribution is -1.90. The van der Waals surface area contributed by atoms with Crippen molar-refractivity contribution in [3.63, 3.8) is 0 Å². The van der Waals surface area contributed by atoms with Crippen LogP contribution in [0.1, 0.15) is 5.56 Å². The Morgan fingerprint density at radius 2 is 1.88 bits per heavy atom. The first-order chi connectivity index (χ1) is 8.43. The topological polar surface area (TPSA) is 43.6 Å². The SMILES string of the molecule is C(=Cn1nnc2cccnc21)c1ccccc1. The van der Waals surface area contributed by atoms with Crippen molar-refractivity contribution in [1.29, 1.82) is 0 Å². The van der Waals surface area contributed by atoms with Crippen LogP contribution in [0.4, 0.5) is 0 Å². The van der Waals surface area contributed by atoms with Crippen molar-refractivity contribution in [2.45, 2.75) is 0 Å². The van der Waals surface area contributed by atoms with Crippen molar-refractivity contribution in [3.8, 4) is 0 Å². The molecule has 1 aromatic carbocycles. The third kappa shape index (κ3) is 1.92. The summed E-state index contributed by atoms with van der Waals surface area (Å²) in [6.45, 7) is 0. The molecular formula is C13H10N4. The fourth-order valence-electron chi connectivity index (χ4n) is 1.60. The van der Waals surface area contributed by atoms with Crippen LogP contribution in [0.3, 0.4) is 0 Å². The highest BCUT2D eigenvalue weighted by Gasteiger charge is 2.00. The number of benzene rings is 1. The Morgan fingerprint density at radius 3 is 2.76 bits per heavy atom. The molecule has 0 unspecified atom stereocenters. The molecule has 0 spiro atoms. The fraction of sp³-hybridized carbons (Fsp3) is 0. The molecule has 4 heteroatoms. The van der Waals surface area contributed by atoms with Gasteiger partial charge in [-0.15, -0.1) is 5.10 Å². The number of aromatic nitrogens is 4. The van der Waals surface area contributed by atoms with Gasteiger partial charge in [0.2, 0.25) is 0 Å². The Bertz CT molecular complexity index is 655. The van der Waals surface area contributed by atoms with Gasteiger partial charge < -0.3 is 0 Å². The lowest BCUT2D eigenvalue weighted by atomic mass is 10.2. The molecule has 2 heterocycles. The van der Waals surface area contributed by atoms with Crippen molar-refractivity contribution in [2.24, 2.45) is 0 Å². The molecule has 3 aromatic rings. The van der Waals surface area contributed by atoms with Crippen LogP contribution in [0.2, 0.25) is 0 Å². The molecule has 0 amide bonds. The minimum absolute atomic E-state index is 0.764. The highest BCUT2D eigenvalue weighted by Crippen LogP contribution is 2.08. The lowest BCUT2D eigenvalue weighted by Gasteiger charge is -1.93. The fourth-order valence-corrected chi connectivity index (χ4v) is 1.60. The maximum atomic E-state index is 4.24. The van der Waals surface area contributed by atoms with Gasteiger partial charge in [-0.1, -0.05) is 35.5 Å². The number of pyridine rings is 1. The van der Waals surface area contributed by atoms with Crippen LogP contribution < -0.4 is 0 Å². The maximum absolute atomic E-state index is 4.24. The summed E-state index contributed by atoms with van der Waals surface area (Å²) in [4.78, 5) is 4.24. The van der Waals surface area contributed by atoms with Crippen LogP contribution in [-0.2, 0) is 0 Å². The van der Waals surface area contributed by atoms with E-state index in [9.17, 15) is 0 Å². The molecular weight excluding hydrogens is 212 g/mol. The summed E-state index contributed by atoms with van der Waals surface area (Å²) in [5.41, 5.74) is 2.68. The second-order valence-electron chi connectivity index (χ2n) is 3.61. The number of rotatable bonds is 2. The lowest BCUT2D eigenvalue weighted by molar-refractivity contribution is 0.856. The summed E-state index contributed by atoms with van der Waals surface area (Å²) in [5, 5.41) is 8.06. The maximum Gasteiger partial charge on any atom is 0.182 e. The largest absolute Gasteiger partial charge is 0.235 e. The van der Waals surface area contributed by atoms with E-state index in [0.29, 0.717) is 0 Å². The molecule has 0 aliphatic carbocycles. The van der Waals surface area contributed by atoms with E-state index < -0.39 is 0 Å². The van der Waals surface area contributed by atoms with Gasteiger partial charge >= 0.3 is 0 Å². The van der Waals surface area contributed by atoms with Gasteiger partial charge in [-0.05, 0) is 23.8 Å². The van der Waals surface area contributed by atoms with Crippen molar-refractivity contribution >= 4 is 23.4 Å². The van der Waals surface area contributed by atoms with Gasteiger partial charge in [-0.25, -0.2) is 9.67 Å².